The number of phenolic OH excluding ortho intramolecular Hbond substituents is 1. The molecule has 0 saturated carbocycles. The predicted octanol–water partition coefficient (Wildman–Crippen LogP) is 3.34. The van der Waals surface area contributed by atoms with E-state index >= 15 is 0 Å². The molecule has 0 fully saturated rings. The van der Waals surface area contributed by atoms with Gasteiger partial charge in [-0.25, -0.2) is 0 Å². The molecular formula is C13H17ClN2O. The summed E-state index contributed by atoms with van der Waals surface area (Å²) in [5.74, 6) is 0.115. The second-order valence-electron chi connectivity index (χ2n) is 4.07. The first-order valence-electron chi connectivity index (χ1n) is 5.68. The first-order valence-corrected chi connectivity index (χ1v) is 6.06. The van der Waals surface area contributed by atoms with Crippen LogP contribution in [0.5, 0.6) is 5.75 Å². The second kappa shape index (κ2) is 6.48. The molecule has 0 radical (unpaired) electrons. The lowest BCUT2D eigenvalue weighted by Gasteiger charge is -2.23. The van der Waals surface area contributed by atoms with E-state index in [-0.39, 0.29) is 5.75 Å². The Bertz CT molecular complexity index is 414. The van der Waals surface area contributed by atoms with E-state index in [4.69, 9.17) is 11.6 Å². The summed E-state index contributed by atoms with van der Waals surface area (Å²) < 4.78 is 0. The predicted molar refractivity (Wildman–Crippen MR) is 69.0 cm³/mol. The first-order chi connectivity index (χ1) is 8.10. The molecule has 1 aromatic rings. The number of benzene rings is 1. The zero-order chi connectivity index (χ0) is 12.8. The summed E-state index contributed by atoms with van der Waals surface area (Å²) in [7, 11) is 1.88. The number of nitriles is 1. The minimum absolute atomic E-state index is 0.115. The van der Waals surface area contributed by atoms with Crippen molar-refractivity contribution in [3.05, 3.63) is 28.8 Å². The molecule has 1 N–H and O–H groups in total. The third kappa shape index (κ3) is 3.62. The number of unbranched alkanes of at least 4 members (excludes halogenated alkanes) is 1. The molecular weight excluding hydrogens is 236 g/mol. The van der Waals surface area contributed by atoms with Gasteiger partial charge in [-0.05, 0) is 38.2 Å². The van der Waals surface area contributed by atoms with Crippen molar-refractivity contribution in [1.29, 1.82) is 5.26 Å². The highest BCUT2D eigenvalue weighted by Gasteiger charge is 2.19. The monoisotopic (exact) mass is 252 g/mol. The van der Waals surface area contributed by atoms with Crippen molar-refractivity contribution in [1.82, 2.24) is 4.90 Å². The van der Waals surface area contributed by atoms with Crippen molar-refractivity contribution < 1.29 is 5.11 Å². The van der Waals surface area contributed by atoms with Crippen molar-refractivity contribution in [2.75, 3.05) is 13.6 Å². The van der Waals surface area contributed by atoms with Gasteiger partial charge in [0.2, 0.25) is 0 Å². The molecule has 0 amide bonds. The minimum atomic E-state index is -0.458. The highest BCUT2D eigenvalue weighted by Crippen LogP contribution is 2.30. The molecule has 92 valence electrons. The largest absolute Gasteiger partial charge is 0.508 e. The van der Waals surface area contributed by atoms with Crippen LogP contribution >= 0.6 is 11.6 Å². The van der Waals surface area contributed by atoms with Crippen molar-refractivity contribution in [2.45, 2.75) is 25.8 Å². The zero-order valence-electron chi connectivity index (χ0n) is 10.2. The van der Waals surface area contributed by atoms with E-state index < -0.39 is 6.04 Å². The van der Waals surface area contributed by atoms with E-state index in [1.54, 1.807) is 12.1 Å². The summed E-state index contributed by atoms with van der Waals surface area (Å²) in [6.45, 7) is 2.92. The molecule has 0 aliphatic heterocycles. The van der Waals surface area contributed by atoms with Crippen LogP contribution in [0, 0.1) is 11.3 Å². The molecule has 0 aliphatic carbocycles. The van der Waals surface area contributed by atoms with Gasteiger partial charge in [0.15, 0.2) is 0 Å². The zero-order valence-corrected chi connectivity index (χ0v) is 10.9. The van der Waals surface area contributed by atoms with E-state index in [2.05, 4.69) is 13.0 Å². The molecule has 17 heavy (non-hydrogen) atoms. The standard InChI is InChI=1S/C13H17ClN2O/c1-3-4-7-16(2)12(9-15)11-8-10(14)5-6-13(11)17/h5-6,8,12,17H,3-4,7H2,1-2H3. The molecule has 0 heterocycles. The van der Waals surface area contributed by atoms with Gasteiger partial charge in [0, 0.05) is 10.6 Å². The number of hydrogen-bond acceptors (Lipinski definition) is 3. The van der Waals surface area contributed by atoms with Gasteiger partial charge in [0.05, 0.1) is 6.07 Å². The smallest absolute Gasteiger partial charge is 0.127 e. The fourth-order valence-corrected chi connectivity index (χ4v) is 1.87. The molecule has 1 rings (SSSR count). The van der Waals surface area contributed by atoms with Crippen LogP contribution in [0.3, 0.4) is 0 Å². The number of halogens is 1. The molecule has 1 atom stereocenters. The van der Waals surface area contributed by atoms with Gasteiger partial charge in [0.25, 0.3) is 0 Å². The number of phenols is 1. The van der Waals surface area contributed by atoms with Crippen molar-refractivity contribution in [3.8, 4) is 11.8 Å². The Hall–Kier alpha value is -1.24. The molecule has 4 heteroatoms. The SMILES string of the molecule is CCCCN(C)C(C#N)c1cc(Cl)ccc1O. The average molecular weight is 253 g/mol. The fraction of sp³-hybridized carbons (Fsp3) is 0.462. The van der Waals surface area contributed by atoms with Crippen LogP contribution in [0.25, 0.3) is 0 Å². The Morgan fingerprint density at radius 3 is 2.82 bits per heavy atom. The van der Waals surface area contributed by atoms with E-state index in [9.17, 15) is 10.4 Å². The average Bonchev–Trinajstić information content (AvgIpc) is 2.32. The molecule has 0 bridgehead atoms. The number of rotatable bonds is 5. The third-order valence-corrected chi connectivity index (χ3v) is 2.95. The van der Waals surface area contributed by atoms with Gasteiger partial charge in [0.1, 0.15) is 11.8 Å². The van der Waals surface area contributed by atoms with Crippen molar-refractivity contribution in [2.24, 2.45) is 0 Å². The molecule has 0 aromatic heterocycles. The van der Waals surface area contributed by atoms with Crippen LogP contribution in [0.4, 0.5) is 0 Å². The maximum Gasteiger partial charge on any atom is 0.127 e. The van der Waals surface area contributed by atoms with E-state index in [1.165, 1.54) is 6.07 Å². The van der Waals surface area contributed by atoms with Crippen molar-refractivity contribution >= 4 is 11.6 Å². The topological polar surface area (TPSA) is 47.3 Å². The van der Waals surface area contributed by atoms with Crippen LogP contribution in [0.2, 0.25) is 5.02 Å². The fourth-order valence-electron chi connectivity index (χ4n) is 1.69. The molecule has 1 unspecified atom stereocenters. The maximum absolute atomic E-state index is 9.77. The molecule has 0 saturated heterocycles. The summed E-state index contributed by atoms with van der Waals surface area (Å²) in [6, 6.07) is 6.53. The lowest BCUT2D eigenvalue weighted by atomic mass is 10.1. The van der Waals surface area contributed by atoms with Crippen LogP contribution < -0.4 is 0 Å². The highest BCUT2D eigenvalue weighted by molar-refractivity contribution is 6.30. The lowest BCUT2D eigenvalue weighted by molar-refractivity contribution is 0.281. The Balaban J connectivity index is 2.93. The summed E-state index contributed by atoms with van der Waals surface area (Å²) in [5.41, 5.74) is 0.568. The summed E-state index contributed by atoms with van der Waals surface area (Å²) in [4.78, 5) is 1.93. The van der Waals surface area contributed by atoms with E-state index in [0.29, 0.717) is 10.6 Å². The third-order valence-electron chi connectivity index (χ3n) is 2.71. The summed E-state index contributed by atoms with van der Waals surface area (Å²) >= 11 is 5.89. The lowest BCUT2D eigenvalue weighted by Crippen LogP contribution is -2.24. The second-order valence-corrected chi connectivity index (χ2v) is 4.51. The molecule has 1 aromatic carbocycles. The van der Waals surface area contributed by atoms with Gasteiger partial charge < -0.3 is 5.11 Å². The molecule has 3 nitrogen and oxygen atoms in total. The van der Waals surface area contributed by atoms with Gasteiger partial charge in [-0.3, -0.25) is 4.90 Å². The maximum atomic E-state index is 9.77. The summed E-state index contributed by atoms with van der Waals surface area (Å²) in [6.07, 6.45) is 2.10. The summed E-state index contributed by atoms with van der Waals surface area (Å²) in [5, 5.41) is 19.5. The van der Waals surface area contributed by atoms with Crippen LogP contribution in [-0.4, -0.2) is 23.6 Å². The first kappa shape index (κ1) is 13.8. The van der Waals surface area contributed by atoms with Crippen molar-refractivity contribution in [3.63, 3.8) is 0 Å². The van der Waals surface area contributed by atoms with Crippen LogP contribution in [0.15, 0.2) is 18.2 Å². The van der Waals surface area contributed by atoms with Gasteiger partial charge in [-0.1, -0.05) is 24.9 Å². The quantitative estimate of drug-likeness (QED) is 0.874. The van der Waals surface area contributed by atoms with Crippen LogP contribution in [-0.2, 0) is 0 Å². The van der Waals surface area contributed by atoms with Gasteiger partial charge in [-0.2, -0.15) is 5.26 Å². The Morgan fingerprint density at radius 1 is 1.53 bits per heavy atom. The Labute approximate surface area is 107 Å². The van der Waals surface area contributed by atoms with Gasteiger partial charge in [-0.15, -0.1) is 0 Å². The van der Waals surface area contributed by atoms with E-state index in [0.717, 1.165) is 19.4 Å². The highest BCUT2D eigenvalue weighted by atomic mass is 35.5. The van der Waals surface area contributed by atoms with Gasteiger partial charge >= 0.3 is 0 Å². The van der Waals surface area contributed by atoms with E-state index in [1.807, 2.05) is 11.9 Å². The Kier molecular flexibility index (Phi) is 5.27. The minimum Gasteiger partial charge on any atom is -0.508 e. The Morgan fingerprint density at radius 2 is 2.24 bits per heavy atom. The normalized spacial score (nSPS) is 12.4. The molecule has 0 spiro atoms. The van der Waals surface area contributed by atoms with Crippen LogP contribution in [0.1, 0.15) is 31.4 Å². The number of nitrogens with zero attached hydrogens (tertiary/aromatic N) is 2. The molecule has 0 aliphatic rings. The number of aromatic hydroxyl groups is 1. The number of hydrogen-bond donors (Lipinski definition) is 1.